The predicted octanol–water partition coefficient (Wildman–Crippen LogP) is 1.96. The molecular weight excluding hydrogens is 310 g/mol. The Labute approximate surface area is 122 Å². The summed E-state index contributed by atoms with van der Waals surface area (Å²) in [6.07, 6.45) is 1.93. The van der Waals surface area contributed by atoms with Crippen molar-refractivity contribution >= 4 is 15.9 Å². The van der Waals surface area contributed by atoms with E-state index in [-0.39, 0.29) is 0 Å². The van der Waals surface area contributed by atoms with Crippen LogP contribution in [0.5, 0.6) is 5.75 Å². The lowest BCUT2D eigenvalue weighted by Crippen LogP contribution is -2.48. The molecule has 19 heavy (non-hydrogen) atoms. The SMILES string of the molecule is COC1CC(NCC(O)COc2cccc(Br)c2)C1. The van der Waals surface area contributed by atoms with Crippen LogP contribution in [0.3, 0.4) is 0 Å². The zero-order valence-corrected chi connectivity index (χ0v) is 12.6. The van der Waals surface area contributed by atoms with E-state index in [1.807, 2.05) is 24.3 Å². The van der Waals surface area contributed by atoms with Crippen molar-refractivity contribution in [2.75, 3.05) is 20.3 Å². The van der Waals surface area contributed by atoms with E-state index in [1.165, 1.54) is 0 Å². The Morgan fingerprint density at radius 1 is 1.47 bits per heavy atom. The minimum Gasteiger partial charge on any atom is -0.491 e. The molecule has 1 fully saturated rings. The first-order valence-electron chi connectivity index (χ1n) is 6.50. The number of halogens is 1. The molecule has 1 saturated carbocycles. The summed E-state index contributed by atoms with van der Waals surface area (Å²) in [4.78, 5) is 0. The van der Waals surface area contributed by atoms with E-state index < -0.39 is 6.10 Å². The fourth-order valence-corrected chi connectivity index (χ4v) is 2.41. The maximum absolute atomic E-state index is 9.84. The minimum absolute atomic E-state index is 0.296. The van der Waals surface area contributed by atoms with Gasteiger partial charge in [0.2, 0.25) is 0 Å². The van der Waals surface area contributed by atoms with Gasteiger partial charge in [-0.05, 0) is 31.0 Å². The molecule has 1 unspecified atom stereocenters. The summed E-state index contributed by atoms with van der Waals surface area (Å²) in [7, 11) is 1.74. The lowest BCUT2D eigenvalue weighted by molar-refractivity contribution is 0.0117. The molecule has 0 saturated heterocycles. The molecule has 1 aliphatic carbocycles. The monoisotopic (exact) mass is 329 g/mol. The largest absolute Gasteiger partial charge is 0.491 e. The van der Waals surface area contributed by atoms with Crippen molar-refractivity contribution in [2.24, 2.45) is 0 Å². The zero-order chi connectivity index (χ0) is 13.7. The number of aliphatic hydroxyl groups excluding tert-OH is 1. The lowest BCUT2D eigenvalue weighted by atomic mass is 9.89. The highest BCUT2D eigenvalue weighted by atomic mass is 79.9. The average Bonchev–Trinajstić information content (AvgIpc) is 2.35. The van der Waals surface area contributed by atoms with Crippen LogP contribution in [0.15, 0.2) is 28.7 Å². The second-order valence-electron chi connectivity index (χ2n) is 4.86. The van der Waals surface area contributed by atoms with Gasteiger partial charge < -0.3 is 19.9 Å². The normalized spacial score (nSPS) is 23.7. The first-order chi connectivity index (χ1) is 9.17. The summed E-state index contributed by atoms with van der Waals surface area (Å²) in [6, 6.07) is 8.07. The third-order valence-electron chi connectivity index (χ3n) is 3.31. The van der Waals surface area contributed by atoms with Crippen molar-refractivity contribution in [1.29, 1.82) is 0 Å². The Morgan fingerprint density at radius 3 is 2.95 bits per heavy atom. The molecule has 1 aliphatic rings. The Kier molecular flexibility index (Phi) is 5.63. The predicted molar refractivity (Wildman–Crippen MR) is 77.5 cm³/mol. The van der Waals surface area contributed by atoms with Crippen LogP contribution < -0.4 is 10.1 Å². The Hall–Kier alpha value is -0.620. The van der Waals surface area contributed by atoms with Crippen LogP contribution in [0.2, 0.25) is 0 Å². The number of methoxy groups -OCH3 is 1. The molecule has 0 aromatic heterocycles. The number of hydrogen-bond acceptors (Lipinski definition) is 4. The topological polar surface area (TPSA) is 50.7 Å². The van der Waals surface area contributed by atoms with Crippen LogP contribution in [0.1, 0.15) is 12.8 Å². The molecule has 2 N–H and O–H groups in total. The zero-order valence-electron chi connectivity index (χ0n) is 11.0. The van der Waals surface area contributed by atoms with Crippen LogP contribution in [-0.2, 0) is 4.74 Å². The summed E-state index contributed by atoms with van der Waals surface area (Å²) < 4.78 is 11.7. The van der Waals surface area contributed by atoms with E-state index in [9.17, 15) is 5.11 Å². The van der Waals surface area contributed by atoms with E-state index in [4.69, 9.17) is 9.47 Å². The molecule has 4 nitrogen and oxygen atoms in total. The number of nitrogens with one attached hydrogen (secondary N) is 1. The van der Waals surface area contributed by atoms with Gasteiger partial charge in [-0.25, -0.2) is 0 Å². The van der Waals surface area contributed by atoms with Crippen LogP contribution in [0.25, 0.3) is 0 Å². The first kappa shape index (κ1) is 14.8. The molecular formula is C14H20BrNO3. The number of ether oxygens (including phenoxy) is 2. The maximum Gasteiger partial charge on any atom is 0.120 e. The highest BCUT2D eigenvalue weighted by molar-refractivity contribution is 9.10. The van der Waals surface area contributed by atoms with Gasteiger partial charge in [-0.2, -0.15) is 0 Å². The standard InChI is InChI=1S/C14H20BrNO3/c1-18-14-6-11(7-14)16-8-12(17)9-19-13-4-2-3-10(15)5-13/h2-5,11-12,14,16-17H,6-9H2,1H3. The van der Waals surface area contributed by atoms with Gasteiger partial charge in [0.1, 0.15) is 18.5 Å². The van der Waals surface area contributed by atoms with Gasteiger partial charge in [0.15, 0.2) is 0 Å². The quantitative estimate of drug-likeness (QED) is 0.802. The fourth-order valence-electron chi connectivity index (χ4n) is 2.04. The molecule has 5 heteroatoms. The molecule has 0 bridgehead atoms. The second kappa shape index (κ2) is 7.24. The van der Waals surface area contributed by atoms with E-state index in [1.54, 1.807) is 7.11 Å². The minimum atomic E-state index is -0.499. The summed E-state index contributed by atoms with van der Waals surface area (Å²) >= 11 is 3.38. The van der Waals surface area contributed by atoms with Crippen LogP contribution in [0, 0.1) is 0 Å². The molecule has 0 radical (unpaired) electrons. The Balaban J connectivity index is 1.61. The molecule has 2 rings (SSSR count). The van der Waals surface area contributed by atoms with Gasteiger partial charge in [0.25, 0.3) is 0 Å². The molecule has 0 aliphatic heterocycles. The Bertz CT molecular complexity index is 396. The maximum atomic E-state index is 9.84. The molecule has 1 aromatic carbocycles. The highest BCUT2D eigenvalue weighted by Gasteiger charge is 2.28. The van der Waals surface area contributed by atoms with E-state index in [0.717, 1.165) is 23.1 Å². The third-order valence-corrected chi connectivity index (χ3v) is 3.80. The van der Waals surface area contributed by atoms with E-state index >= 15 is 0 Å². The molecule has 106 valence electrons. The number of hydrogen-bond donors (Lipinski definition) is 2. The van der Waals surface area contributed by atoms with Gasteiger partial charge in [-0.15, -0.1) is 0 Å². The lowest BCUT2D eigenvalue weighted by Gasteiger charge is -2.35. The summed E-state index contributed by atoms with van der Waals surface area (Å²) in [5.74, 6) is 0.761. The fraction of sp³-hybridized carbons (Fsp3) is 0.571. The summed E-state index contributed by atoms with van der Waals surface area (Å²) in [5, 5.41) is 13.2. The average molecular weight is 330 g/mol. The second-order valence-corrected chi connectivity index (χ2v) is 5.77. The van der Waals surface area contributed by atoms with Crippen LogP contribution in [0.4, 0.5) is 0 Å². The number of rotatable bonds is 7. The molecule has 1 atom stereocenters. The van der Waals surface area contributed by atoms with Crippen molar-refractivity contribution < 1.29 is 14.6 Å². The number of aliphatic hydroxyl groups is 1. The van der Waals surface area contributed by atoms with Crippen LogP contribution in [-0.4, -0.2) is 43.6 Å². The molecule has 1 aromatic rings. The number of benzene rings is 1. The third kappa shape index (κ3) is 4.76. The van der Waals surface area contributed by atoms with Crippen molar-refractivity contribution in [3.63, 3.8) is 0 Å². The van der Waals surface area contributed by atoms with Gasteiger partial charge >= 0.3 is 0 Å². The van der Waals surface area contributed by atoms with Gasteiger partial charge in [-0.3, -0.25) is 0 Å². The van der Waals surface area contributed by atoms with E-state index in [2.05, 4.69) is 21.2 Å². The van der Waals surface area contributed by atoms with Crippen molar-refractivity contribution in [2.45, 2.75) is 31.1 Å². The molecule has 0 spiro atoms. The highest BCUT2D eigenvalue weighted by Crippen LogP contribution is 2.22. The van der Waals surface area contributed by atoms with Crippen LogP contribution >= 0.6 is 15.9 Å². The van der Waals surface area contributed by atoms with E-state index in [0.29, 0.717) is 25.3 Å². The van der Waals surface area contributed by atoms with Gasteiger partial charge in [-0.1, -0.05) is 22.0 Å². The molecule has 0 heterocycles. The van der Waals surface area contributed by atoms with Crippen molar-refractivity contribution in [3.05, 3.63) is 28.7 Å². The molecule has 0 amide bonds. The smallest absolute Gasteiger partial charge is 0.120 e. The van der Waals surface area contributed by atoms with Gasteiger partial charge in [0.05, 0.1) is 6.10 Å². The van der Waals surface area contributed by atoms with Gasteiger partial charge in [0, 0.05) is 24.2 Å². The van der Waals surface area contributed by atoms with Crippen molar-refractivity contribution in [1.82, 2.24) is 5.32 Å². The summed E-state index contributed by atoms with van der Waals surface area (Å²) in [6.45, 7) is 0.846. The summed E-state index contributed by atoms with van der Waals surface area (Å²) in [5.41, 5.74) is 0. The first-order valence-corrected chi connectivity index (χ1v) is 7.29. The van der Waals surface area contributed by atoms with Crippen molar-refractivity contribution in [3.8, 4) is 5.75 Å². The Morgan fingerprint density at radius 2 is 2.26 bits per heavy atom.